The summed E-state index contributed by atoms with van der Waals surface area (Å²) in [5.41, 5.74) is 0. The molecule has 22 heavy (non-hydrogen) atoms. The number of hydrogen-bond acceptors (Lipinski definition) is 2. The third-order valence-electron chi connectivity index (χ3n) is 4.07. The summed E-state index contributed by atoms with van der Waals surface area (Å²) >= 11 is 5.66. The van der Waals surface area contributed by atoms with E-state index in [9.17, 15) is 4.79 Å². The summed E-state index contributed by atoms with van der Waals surface area (Å²) in [7, 11) is 0. The fourth-order valence-electron chi connectivity index (χ4n) is 2.72. The summed E-state index contributed by atoms with van der Waals surface area (Å²) in [4.78, 5) is 11.1. The van der Waals surface area contributed by atoms with Crippen LogP contribution in [0.5, 0.6) is 0 Å². The zero-order valence-electron chi connectivity index (χ0n) is 14.7. The van der Waals surface area contributed by atoms with Crippen molar-refractivity contribution in [2.45, 2.75) is 103 Å². The van der Waals surface area contributed by atoms with E-state index in [4.69, 9.17) is 16.3 Å². The molecular formula is C19H37ClO2. The Kier molecular flexibility index (Phi) is 18.6. The van der Waals surface area contributed by atoms with Gasteiger partial charge in [0.05, 0.1) is 6.61 Å². The van der Waals surface area contributed by atoms with Crippen LogP contribution in [0.2, 0.25) is 0 Å². The van der Waals surface area contributed by atoms with Crippen molar-refractivity contribution < 1.29 is 9.53 Å². The number of carbonyl (C=O) groups excluding carboxylic acids is 1. The lowest BCUT2D eigenvalue weighted by atomic mass is 10.0. The molecule has 0 spiro atoms. The monoisotopic (exact) mass is 332 g/mol. The lowest BCUT2D eigenvalue weighted by Crippen LogP contribution is -2.03. The molecule has 0 bridgehead atoms. The molecular weight excluding hydrogens is 296 g/mol. The largest absolute Gasteiger partial charge is 0.466 e. The van der Waals surface area contributed by atoms with Crippen molar-refractivity contribution in [1.82, 2.24) is 0 Å². The Hall–Kier alpha value is -0.240. The molecule has 0 radical (unpaired) electrons. The van der Waals surface area contributed by atoms with E-state index >= 15 is 0 Å². The van der Waals surface area contributed by atoms with Crippen LogP contribution in [0.1, 0.15) is 103 Å². The van der Waals surface area contributed by atoms with Gasteiger partial charge in [-0.05, 0) is 19.8 Å². The molecule has 0 fully saturated rings. The normalized spacial score (nSPS) is 10.8. The maximum Gasteiger partial charge on any atom is 0.305 e. The highest BCUT2D eigenvalue weighted by Crippen LogP contribution is 2.13. The van der Waals surface area contributed by atoms with Gasteiger partial charge in [0, 0.05) is 12.3 Å². The van der Waals surface area contributed by atoms with Crippen LogP contribution in [-0.2, 0) is 9.53 Å². The van der Waals surface area contributed by atoms with E-state index in [0.29, 0.717) is 13.0 Å². The number of unbranched alkanes of at least 4 members (excludes halogenated alkanes) is 13. The molecule has 0 N–H and O–H groups in total. The summed E-state index contributed by atoms with van der Waals surface area (Å²) in [6.45, 7) is 2.37. The van der Waals surface area contributed by atoms with Crippen molar-refractivity contribution in [3.05, 3.63) is 0 Å². The van der Waals surface area contributed by atoms with Gasteiger partial charge in [-0.15, -0.1) is 11.6 Å². The first-order valence-electron chi connectivity index (χ1n) is 9.52. The Bertz CT molecular complexity index is 231. The molecule has 0 aliphatic heterocycles. The minimum absolute atomic E-state index is 0.0369. The average Bonchev–Trinajstić information content (AvgIpc) is 2.51. The number of carbonyl (C=O) groups is 1. The summed E-state index contributed by atoms with van der Waals surface area (Å²) in [5, 5.41) is 0. The Balaban J connectivity index is 3.01. The predicted octanol–water partition coefficient (Wildman–Crippen LogP) is 6.64. The SMILES string of the molecule is CCOC(=O)CCCCCCCCCCCCCCCCCl. The van der Waals surface area contributed by atoms with Crippen LogP contribution in [-0.4, -0.2) is 18.5 Å². The number of halogens is 1. The van der Waals surface area contributed by atoms with Crippen molar-refractivity contribution in [2.24, 2.45) is 0 Å². The number of esters is 1. The van der Waals surface area contributed by atoms with Crippen LogP contribution in [0.3, 0.4) is 0 Å². The molecule has 0 aliphatic rings. The van der Waals surface area contributed by atoms with Gasteiger partial charge in [0.15, 0.2) is 0 Å². The van der Waals surface area contributed by atoms with E-state index < -0.39 is 0 Å². The van der Waals surface area contributed by atoms with Crippen LogP contribution in [0, 0.1) is 0 Å². The molecule has 0 aliphatic carbocycles. The fraction of sp³-hybridized carbons (Fsp3) is 0.947. The minimum Gasteiger partial charge on any atom is -0.466 e. The molecule has 132 valence electrons. The molecule has 0 aromatic heterocycles. The van der Waals surface area contributed by atoms with Crippen molar-refractivity contribution in [1.29, 1.82) is 0 Å². The quantitative estimate of drug-likeness (QED) is 0.169. The smallest absolute Gasteiger partial charge is 0.305 e. The Morgan fingerprint density at radius 3 is 1.41 bits per heavy atom. The number of rotatable bonds is 17. The molecule has 0 saturated carbocycles. The molecule has 0 rings (SSSR count). The fourth-order valence-corrected chi connectivity index (χ4v) is 2.91. The van der Waals surface area contributed by atoms with Crippen LogP contribution in [0.4, 0.5) is 0 Å². The molecule has 2 nitrogen and oxygen atoms in total. The van der Waals surface area contributed by atoms with Crippen molar-refractivity contribution in [2.75, 3.05) is 12.5 Å². The number of ether oxygens (including phenoxy) is 1. The van der Waals surface area contributed by atoms with Crippen molar-refractivity contribution >= 4 is 17.6 Å². The van der Waals surface area contributed by atoms with Crippen LogP contribution in [0.15, 0.2) is 0 Å². The van der Waals surface area contributed by atoms with Gasteiger partial charge in [0.2, 0.25) is 0 Å². The predicted molar refractivity (Wildman–Crippen MR) is 96.6 cm³/mol. The first-order valence-corrected chi connectivity index (χ1v) is 10.1. The Morgan fingerprint density at radius 2 is 1.05 bits per heavy atom. The second-order valence-electron chi connectivity index (χ2n) is 6.19. The molecule has 0 aromatic carbocycles. The molecule has 0 atom stereocenters. The lowest BCUT2D eigenvalue weighted by molar-refractivity contribution is -0.143. The average molecular weight is 333 g/mol. The number of hydrogen-bond donors (Lipinski definition) is 0. The van der Waals surface area contributed by atoms with Gasteiger partial charge >= 0.3 is 5.97 Å². The highest BCUT2D eigenvalue weighted by molar-refractivity contribution is 6.17. The topological polar surface area (TPSA) is 26.3 Å². The van der Waals surface area contributed by atoms with Gasteiger partial charge in [-0.2, -0.15) is 0 Å². The van der Waals surface area contributed by atoms with E-state index in [1.807, 2.05) is 6.92 Å². The summed E-state index contributed by atoms with van der Waals surface area (Å²) in [5.74, 6) is 0.785. The number of alkyl halides is 1. The highest BCUT2D eigenvalue weighted by Gasteiger charge is 2.00. The van der Waals surface area contributed by atoms with E-state index in [-0.39, 0.29) is 5.97 Å². The zero-order chi connectivity index (χ0) is 16.3. The Labute approximate surface area is 143 Å². The summed E-state index contributed by atoms with van der Waals surface area (Å²) in [6, 6.07) is 0. The second kappa shape index (κ2) is 18.8. The van der Waals surface area contributed by atoms with Gasteiger partial charge in [-0.25, -0.2) is 0 Å². The van der Waals surface area contributed by atoms with Gasteiger partial charge in [0.25, 0.3) is 0 Å². The van der Waals surface area contributed by atoms with Gasteiger partial charge in [-0.1, -0.05) is 77.0 Å². The van der Waals surface area contributed by atoms with E-state index in [0.717, 1.165) is 12.3 Å². The third-order valence-corrected chi connectivity index (χ3v) is 4.34. The second-order valence-corrected chi connectivity index (χ2v) is 6.57. The maximum atomic E-state index is 11.1. The molecule has 3 heteroatoms. The standard InChI is InChI=1S/C19H37ClO2/c1-2-22-19(21)17-15-13-11-9-7-5-3-4-6-8-10-12-14-16-18-20/h2-18H2,1H3. The molecule has 0 aromatic rings. The first-order chi connectivity index (χ1) is 10.8. The van der Waals surface area contributed by atoms with Gasteiger partial charge < -0.3 is 4.74 Å². The third kappa shape index (κ3) is 17.8. The lowest BCUT2D eigenvalue weighted by Gasteiger charge is -2.03. The molecule has 0 amide bonds. The van der Waals surface area contributed by atoms with Crippen LogP contribution < -0.4 is 0 Å². The van der Waals surface area contributed by atoms with Crippen LogP contribution in [0.25, 0.3) is 0 Å². The minimum atomic E-state index is -0.0369. The van der Waals surface area contributed by atoms with Crippen molar-refractivity contribution in [3.63, 3.8) is 0 Å². The Morgan fingerprint density at radius 1 is 0.682 bits per heavy atom. The molecule has 0 heterocycles. The van der Waals surface area contributed by atoms with Crippen molar-refractivity contribution in [3.8, 4) is 0 Å². The van der Waals surface area contributed by atoms with Gasteiger partial charge in [-0.3, -0.25) is 4.79 Å². The highest BCUT2D eigenvalue weighted by atomic mass is 35.5. The summed E-state index contributed by atoms with van der Waals surface area (Å²) < 4.78 is 4.92. The van der Waals surface area contributed by atoms with E-state index in [1.165, 1.54) is 83.5 Å². The van der Waals surface area contributed by atoms with E-state index in [1.54, 1.807) is 0 Å². The van der Waals surface area contributed by atoms with Gasteiger partial charge in [0.1, 0.15) is 0 Å². The molecule has 0 unspecified atom stereocenters. The van der Waals surface area contributed by atoms with Crippen LogP contribution >= 0.6 is 11.6 Å². The zero-order valence-corrected chi connectivity index (χ0v) is 15.5. The van der Waals surface area contributed by atoms with E-state index in [2.05, 4.69) is 0 Å². The summed E-state index contributed by atoms with van der Waals surface area (Å²) in [6.07, 6.45) is 18.9. The molecule has 0 saturated heterocycles. The first kappa shape index (κ1) is 21.8. The maximum absolute atomic E-state index is 11.1.